The first-order chi connectivity index (χ1) is 7.25. The summed E-state index contributed by atoms with van der Waals surface area (Å²) >= 11 is 4.63. The largest absolute Gasteiger partial charge is 0.356 e. The van der Waals surface area contributed by atoms with Crippen LogP contribution in [-0.2, 0) is 6.54 Å². The molecule has 3 nitrogen and oxygen atoms in total. The van der Waals surface area contributed by atoms with Crippen LogP contribution < -0.4 is 5.32 Å². The summed E-state index contributed by atoms with van der Waals surface area (Å²) in [5.74, 6) is -0.243. The van der Waals surface area contributed by atoms with Crippen LogP contribution in [-0.4, -0.2) is 9.36 Å². The lowest BCUT2D eigenvalue weighted by Gasteiger charge is -2.04. The van der Waals surface area contributed by atoms with Crippen molar-refractivity contribution in [3.63, 3.8) is 0 Å². The lowest BCUT2D eigenvalue weighted by atomic mass is 10.2. The Morgan fingerprint density at radius 2 is 2.33 bits per heavy atom. The minimum atomic E-state index is -0.243. The number of rotatable bonds is 3. The molecule has 0 aliphatic carbocycles. The molecule has 1 heterocycles. The summed E-state index contributed by atoms with van der Waals surface area (Å²) in [7, 11) is 0. The Morgan fingerprint density at radius 3 is 3.07 bits per heavy atom. The molecule has 78 valence electrons. The van der Waals surface area contributed by atoms with Gasteiger partial charge in [0.25, 0.3) is 0 Å². The average molecular weight is 288 g/mol. The first-order valence-corrected chi connectivity index (χ1v) is 5.77. The number of anilines is 1. The fraction of sp³-hybridized carbons (Fsp3) is 0.111. The topological polar surface area (TPSA) is 37.8 Å². The van der Waals surface area contributed by atoms with Crippen molar-refractivity contribution in [2.45, 2.75) is 6.54 Å². The van der Waals surface area contributed by atoms with Gasteiger partial charge in [0.2, 0.25) is 5.13 Å². The van der Waals surface area contributed by atoms with Gasteiger partial charge in [-0.2, -0.15) is 4.37 Å². The molecule has 2 aromatic rings. The van der Waals surface area contributed by atoms with E-state index < -0.39 is 0 Å². The van der Waals surface area contributed by atoms with Gasteiger partial charge in [0.1, 0.15) is 12.1 Å². The van der Waals surface area contributed by atoms with Crippen LogP contribution in [0, 0.1) is 5.82 Å². The number of hydrogen-bond acceptors (Lipinski definition) is 4. The van der Waals surface area contributed by atoms with Gasteiger partial charge in [-0.1, -0.05) is 15.9 Å². The van der Waals surface area contributed by atoms with E-state index in [1.807, 2.05) is 0 Å². The van der Waals surface area contributed by atoms with E-state index in [0.717, 1.165) is 15.2 Å². The molecule has 0 aliphatic heterocycles. The molecule has 0 unspecified atom stereocenters. The highest BCUT2D eigenvalue weighted by Gasteiger charge is 2.02. The number of benzene rings is 1. The van der Waals surface area contributed by atoms with E-state index in [9.17, 15) is 4.39 Å². The van der Waals surface area contributed by atoms with Gasteiger partial charge < -0.3 is 5.32 Å². The van der Waals surface area contributed by atoms with Crippen LogP contribution in [0.2, 0.25) is 0 Å². The number of nitrogens with zero attached hydrogens (tertiary/aromatic N) is 2. The molecule has 0 aliphatic rings. The molecule has 0 atom stereocenters. The van der Waals surface area contributed by atoms with Crippen LogP contribution in [0.3, 0.4) is 0 Å². The second-order valence-corrected chi connectivity index (χ2v) is 4.47. The first kappa shape index (κ1) is 10.5. The van der Waals surface area contributed by atoms with Crippen molar-refractivity contribution in [3.8, 4) is 0 Å². The van der Waals surface area contributed by atoms with Crippen LogP contribution in [0.1, 0.15) is 5.56 Å². The van der Waals surface area contributed by atoms with Gasteiger partial charge in [0.05, 0.1) is 0 Å². The Labute approximate surface area is 98.7 Å². The van der Waals surface area contributed by atoms with E-state index in [-0.39, 0.29) is 5.82 Å². The Bertz CT molecular complexity index is 447. The molecule has 0 spiro atoms. The van der Waals surface area contributed by atoms with Gasteiger partial charge in [-0.25, -0.2) is 9.37 Å². The summed E-state index contributed by atoms with van der Waals surface area (Å²) in [6, 6.07) is 4.59. The second kappa shape index (κ2) is 4.67. The molecular formula is C9H7BrFN3S. The SMILES string of the molecule is Fc1ccc(Br)c(CNc2ncns2)c1. The molecular weight excluding hydrogens is 281 g/mol. The standard InChI is InChI=1S/C9H7BrFN3S/c10-8-2-1-7(11)3-6(8)4-12-9-13-5-14-15-9/h1-3,5H,4H2,(H,12,13,14). The molecule has 1 N–H and O–H groups in total. The zero-order valence-corrected chi connectivity index (χ0v) is 9.98. The van der Waals surface area contributed by atoms with Crippen LogP contribution in [0.4, 0.5) is 9.52 Å². The molecule has 1 aromatic heterocycles. The summed E-state index contributed by atoms with van der Waals surface area (Å²) < 4.78 is 17.7. The van der Waals surface area contributed by atoms with Gasteiger partial charge in [-0.3, -0.25) is 0 Å². The molecule has 15 heavy (non-hydrogen) atoms. The number of aromatic nitrogens is 2. The molecule has 1 aromatic carbocycles. The summed E-state index contributed by atoms with van der Waals surface area (Å²) in [5.41, 5.74) is 0.852. The fourth-order valence-corrected chi connectivity index (χ4v) is 1.91. The highest BCUT2D eigenvalue weighted by molar-refractivity contribution is 9.10. The van der Waals surface area contributed by atoms with Crippen molar-refractivity contribution in [2.24, 2.45) is 0 Å². The number of hydrogen-bond donors (Lipinski definition) is 1. The number of halogens is 2. The maximum absolute atomic E-state index is 12.9. The van der Waals surface area contributed by atoms with Crippen molar-refractivity contribution in [3.05, 3.63) is 40.4 Å². The van der Waals surface area contributed by atoms with E-state index in [2.05, 4.69) is 30.6 Å². The van der Waals surface area contributed by atoms with Crippen molar-refractivity contribution in [1.82, 2.24) is 9.36 Å². The predicted molar refractivity (Wildman–Crippen MR) is 61.3 cm³/mol. The lowest BCUT2D eigenvalue weighted by Crippen LogP contribution is -2.00. The maximum atomic E-state index is 12.9. The van der Waals surface area contributed by atoms with Gasteiger partial charge >= 0.3 is 0 Å². The molecule has 0 saturated carbocycles. The third kappa shape index (κ3) is 2.73. The van der Waals surface area contributed by atoms with E-state index in [0.29, 0.717) is 6.54 Å². The smallest absolute Gasteiger partial charge is 0.202 e. The predicted octanol–water partition coefficient (Wildman–Crippen LogP) is 3.05. The molecule has 6 heteroatoms. The minimum Gasteiger partial charge on any atom is -0.356 e. The van der Waals surface area contributed by atoms with E-state index >= 15 is 0 Å². The molecule has 0 radical (unpaired) electrons. The van der Waals surface area contributed by atoms with E-state index in [4.69, 9.17) is 0 Å². The maximum Gasteiger partial charge on any atom is 0.202 e. The minimum absolute atomic E-state index is 0.243. The van der Waals surface area contributed by atoms with E-state index in [1.165, 1.54) is 30.0 Å². The number of nitrogens with one attached hydrogen (secondary N) is 1. The molecule has 0 saturated heterocycles. The van der Waals surface area contributed by atoms with Crippen molar-refractivity contribution in [2.75, 3.05) is 5.32 Å². The Hall–Kier alpha value is -1.01. The lowest BCUT2D eigenvalue weighted by molar-refractivity contribution is 0.625. The van der Waals surface area contributed by atoms with E-state index in [1.54, 1.807) is 6.07 Å². The summed E-state index contributed by atoms with van der Waals surface area (Å²) in [6.07, 6.45) is 1.48. The molecule has 0 bridgehead atoms. The molecule has 0 amide bonds. The normalized spacial score (nSPS) is 10.3. The third-order valence-corrected chi connectivity index (χ3v) is 3.20. The molecule has 0 fully saturated rings. The second-order valence-electron chi connectivity index (χ2n) is 2.84. The van der Waals surface area contributed by atoms with Crippen LogP contribution in [0.5, 0.6) is 0 Å². The monoisotopic (exact) mass is 287 g/mol. The Balaban J connectivity index is 2.07. The van der Waals surface area contributed by atoms with Crippen LogP contribution in [0.15, 0.2) is 29.0 Å². The summed E-state index contributed by atoms with van der Waals surface area (Å²) in [6.45, 7) is 0.521. The highest BCUT2D eigenvalue weighted by atomic mass is 79.9. The van der Waals surface area contributed by atoms with Gasteiger partial charge in [0.15, 0.2) is 0 Å². The quantitative estimate of drug-likeness (QED) is 0.943. The van der Waals surface area contributed by atoms with Crippen molar-refractivity contribution in [1.29, 1.82) is 0 Å². The van der Waals surface area contributed by atoms with Gasteiger partial charge in [-0.15, -0.1) is 0 Å². The van der Waals surface area contributed by atoms with Crippen LogP contribution >= 0.6 is 27.5 Å². The summed E-state index contributed by atoms with van der Waals surface area (Å²) in [5, 5.41) is 3.79. The van der Waals surface area contributed by atoms with Crippen LogP contribution in [0.25, 0.3) is 0 Å². The van der Waals surface area contributed by atoms with Gasteiger partial charge in [0, 0.05) is 22.5 Å². The third-order valence-electron chi connectivity index (χ3n) is 1.80. The zero-order valence-electron chi connectivity index (χ0n) is 7.58. The van der Waals surface area contributed by atoms with Crippen molar-refractivity contribution < 1.29 is 4.39 Å². The summed E-state index contributed by atoms with van der Waals surface area (Å²) in [4.78, 5) is 3.97. The van der Waals surface area contributed by atoms with Gasteiger partial charge in [-0.05, 0) is 23.8 Å². The Morgan fingerprint density at radius 1 is 1.47 bits per heavy atom. The average Bonchev–Trinajstić information content (AvgIpc) is 2.72. The molecule has 2 rings (SSSR count). The van der Waals surface area contributed by atoms with Crippen molar-refractivity contribution >= 4 is 32.6 Å². The fourth-order valence-electron chi connectivity index (χ4n) is 1.10. The Kier molecular flexibility index (Phi) is 3.27. The zero-order chi connectivity index (χ0) is 10.7. The highest BCUT2D eigenvalue weighted by Crippen LogP contribution is 2.19. The first-order valence-electron chi connectivity index (χ1n) is 4.20.